The maximum Gasteiger partial charge on any atom is 0.326 e. The minimum absolute atomic E-state index is 0.0777. The molecule has 6 heteroatoms. The van der Waals surface area contributed by atoms with Crippen LogP contribution in [-0.2, 0) is 4.79 Å². The van der Waals surface area contributed by atoms with Crippen molar-refractivity contribution in [3.05, 3.63) is 0 Å². The summed E-state index contributed by atoms with van der Waals surface area (Å²) in [5.74, 6) is -0.0630. The van der Waals surface area contributed by atoms with Crippen molar-refractivity contribution in [3.63, 3.8) is 0 Å². The Kier molecular flexibility index (Phi) is 8.62. The fraction of sp³-hybridized carbons (Fsp3) is 0.833. The number of carbonyl (C=O) groups excluding carboxylic acids is 1. The molecule has 0 saturated heterocycles. The lowest BCUT2D eigenvalue weighted by atomic mass is 9.99. The van der Waals surface area contributed by atoms with Crippen LogP contribution in [0.5, 0.6) is 0 Å². The Balaban J connectivity index is 4.28. The molecule has 0 aromatic rings. The van der Waals surface area contributed by atoms with Gasteiger partial charge in [0.25, 0.3) is 0 Å². The van der Waals surface area contributed by atoms with Crippen molar-refractivity contribution in [1.29, 1.82) is 0 Å². The van der Waals surface area contributed by atoms with Crippen LogP contribution >= 0.6 is 11.8 Å². The largest absolute Gasteiger partial charge is 0.480 e. The summed E-state index contributed by atoms with van der Waals surface area (Å²) in [6.45, 7) is 4.38. The lowest BCUT2D eigenvalue weighted by molar-refractivity contribution is -0.140. The molecule has 2 amide bonds. The lowest BCUT2D eigenvalue weighted by Gasteiger charge is -2.24. The summed E-state index contributed by atoms with van der Waals surface area (Å²) in [5.41, 5.74) is 0. The number of nitrogens with one attached hydrogen (secondary N) is 1. The van der Waals surface area contributed by atoms with E-state index in [-0.39, 0.29) is 11.9 Å². The van der Waals surface area contributed by atoms with Gasteiger partial charge in [-0.3, -0.25) is 0 Å². The standard InChI is InChI=1S/C12H24N2O3S/c1-5-9(2)10(11(15)16)13-12(17)14(3)7-6-8-18-4/h9-10H,5-8H2,1-4H3,(H,13,17)(H,15,16)/t9-,10-/m0/s1. The number of carbonyl (C=O) groups is 2. The number of amides is 2. The zero-order valence-electron chi connectivity index (χ0n) is 11.6. The highest BCUT2D eigenvalue weighted by Gasteiger charge is 2.26. The normalized spacial score (nSPS) is 13.8. The number of aliphatic carboxylic acids is 1. The summed E-state index contributed by atoms with van der Waals surface area (Å²) < 4.78 is 0. The van der Waals surface area contributed by atoms with Gasteiger partial charge >= 0.3 is 12.0 Å². The number of carboxylic acid groups (broad SMARTS) is 1. The summed E-state index contributed by atoms with van der Waals surface area (Å²) in [6.07, 6.45) is 3.64. The average Bonchev–Trinajstić information content (AvgIpc) is 2.34. The Bertz CT molecular complexity index is 274. The monoisotopic (exact) mass is 276 g/mol. The van der Waals surface area contributed by atoms with E-state index in [1.165, 1.54) is 4.90 Å². The Hall–Kier alpha value is -0.910. The van der Waals surface area contributed by atoms with Gasteiger partial charge < -0.3 is 15.3 Å². The van der Waals surface area contributed by atoms with Crippen LogP contribution in [0.15, 0.2) is 0 Å². The Morgan fingerprint density at radius 3 is 2.50 bits per heavy atom. The topological polar surface area (TPSA) is 69.6 Å². The van der Waals surface area contributed by atoms with Crippen LogP contribution in [0.25, 0.3) is 0 Å². The first-order valence-corrected chi connectivity index (χ1v) is 7.56. The molecule has 0 unspecified atom stereocenters. The SMILES string of the molecule is CC[C@H](C)[C@H](NC(=O)N(C)CCCSC)C(=O)O. The molecule has 0 fully saturated rings. The third-order valence-corrected chi connectivity index (χ3v) is 3.64. The van der Waals surface area contributed by atoms with Gasteiger partial charge in [0, 0.05) is 13.6 Å². The fourth-order valence-electron chi connectivity index (χ4n) is 1.47. The average molecular weight is 276 g/mol. The first-order chi connectivity index (χ1) is 8.43. The zero-order valence-corrected chi connectivity index (χ0v) is 12.4. The highest BCUT2D eigenvalue weighted by Crippen LogP contribution is 2.08. The number of nitrogens with zero attached hydrogens (tertiary/aromatic N) is 1. The van der Waals surface area contributed by atoms with Crippen molar-refractivity contribution < 1.29 is 14.7 Å². The van der Waals surface area contributed by atoms with Crippen LogP contribution in [0.2, 0.25) is 0 Å². The van der Waals surface area contributed by atoms with Gasteiger partial charge in [-0.05, 0) is 24.3 Å². The highest BCUT2D eigenvalue weighted by atomic mass is 32.2. The van der Waals surface area contributed by atoms with Crippen LogP contribution in [0.3, 0.4) is 0 Å². The third-order valence-electron chi connectivity index (χ3n) is 2.95. The molecule has 2 atom stereocenters. The van der Waals surface area contributed by atoms with Crippen LogP contribution in [0.4, 0.5) is 4.79 Å². The minimum Gasteiger partial charge on any atom is -0.480 e. The molecule has 0 saturated carbocycles. The van der Waals surface area contributed by atoms with Crippen LogP contribution < -0.4 is 5.32 Å². The van der Waals surface area contributed by atoms with E-state index in [0.29, 0.717) is 13.0 Å². The number of thioether (sulfide) groups is 1. The van der Waals surface area contributed by atoms with Gasteiger partial charge in [0.1, 0.15) is 6.04 Å². The fourth-order valence-corrected chi connectivity index (χ4v) is 1.89. The number of hydrogen-bond acceptors (Lipinski definition) is 3. The molecule has 0 spiro atoms. The molecular weight excluding hydrogens is 252 g/mol. The predicted molar refractivity (Wildman–Crippen MR) is 75.0 cm³/mol. The molecule has 0 radical (unpaired) electrons. The molecule has 0 heterocycles. The summed E-state index contributed by atoms with van der Waals surface area (Å²) >= 11 is 1.73. The van der Waals surface area contributed by atoms with Crippen LogP contribution in [0, 0.1) is 5.92 Å². The molecule has 0 bridgehead atoms. The van der Waals surface area contributed by atoms with Gasteiger partial charge in [0.15, 0.2) is 0 Å². The molecule has 0 aromatic heterocycles. The summed E-state index contributed by atoms with van der Waals surface area (Å²) in [7, 11) is 1.69. The van der Waals surface area contributed by atoms with Crippen LogP contribution in [-0.4, -0.2) is 53.6 Å². The van der Waals surface area contributed by atoms with Crippen molar-refractivity contribution >= 4 is 23.8 Å². The van der Waals surface area contributed by atoms with E-state index in [2.05, 4.69) is 5.32 Å². The number of hydrogen-bond donors (Lipinski definition) is 2. The van der Waals surface area contributed by atoms with Gasteiger partial charge in [-0.15, -0.1) is 0 Å². The number of carboxylic acids is 1. The van der Waals surface area contributed by atoms with E-state index >= 15 is 0 Å². The molecule has 0 aliphatic heterocycles. The highest BCUT2D eigenvalue weighted by molar-refractivity contribution is 7.98. The van der Waals surface area contributed by atoms with Gasteiger partial charge in [-0.25, -0.2) is 9.59 Å². The van der Waals surface area contributed by atoms with Crippen molar-refractivity contribution in [2.45, 2.75) is 32.7 Å². The quantitative estimate of drug-likeness (QED) is 0.664. The molecule has 0 rings (SSSR count). The van der Waals surface area contributed by atoms with E-state index in [9.17, 15) is 9.59 Å². The minimum atomic E-state index is -0.977. The molecule has 0 aliphatic carbocycles. The van der Waals surface area contributed by atoms with Crippen molar-refractivity contribution in [3.8, 4) is 0 Å². The van der Waals surface area contributed by atoms with Crippen LogP contribution in [0.1, 0.15) is 26.7 Å². The number of rotatable bonds is 8. The zero-order chi connectivity index (χ0) is 14.1. The van der Waals surface area contributed by atoms with Crippen molar-refractivity contribution in [2.75, 3.05) is 25.6 Å². The van der Waals surface area contributed by atoms with E-state index < -0.39 is 12.0 Å². The second kappa shape index (κ2) is 9.08. The smallest absolute Gasteiger partial charge is 0.326 e. The second-order valence-corrected chi connectivity index (χ2v) is 5.40. The maximum atomic E-state index is 11.8. The van der Waals surface area contributed by atoms with Gasteiger partial charge in [0.2, 0.25) is 0 Å². The Labute approximate surface area is 113 Å². The lowest BCUT2D eigenvalue weighted by Crippen LogP contribution is -2.49. The predicted octanol–water partition coefficient (Wildman–Crippen LogP) is 1.88. The van der Waals surface area contributed by atoms with E-state index in [1.807, 2.05) is 20.1 Å². The summed E-state index contributed by atoms with van der Waals surface area (Å²) in [5, 5.41) is 11.7. The van der Waals surface area contributed by atoms with Gasteiger partial charge in [-0.1, -0.05) is 20.3 Å². The van der Waals surface area contributed by atoms with Crippen molar-refractivity contribution in [2.24, 2.45) is 5.92 Å². The molecule has 18 heavy (non-hydrogen) atoms. The van der Waals surface area contributed by atoms with E-state index in [1.54, 1.807) is 18.8 Å². The number of urea groups is 1. The Morgan fingerprint density at radius 1 is 1.44 bits per heavy atom. The van der Waals surface area contributed by atoms with Gasteiger partial charge in [-0.2, -0.15) is 11.8 Å². The third kappa shape index (κ3) is 6.14. The van der Waals surface area contributed by atoms with E-state index in [4.69, 9.17) is 5.11 Å². The first kappa shape index (κ1) is 17.1. The van der Waals surface area contributed by atoms with Gasteiger partial charge in [0.05, 0.1) is 0 Å². The van der Waals surface area contributed by atoms with Crippen molar-refractivity contribution in [1.82, 2.24) is 10.2 Å². The second-order valence-electron chi connectivity index (χ2n) is 4.42. The maximum absolute atomic E-state index is 11.8. The molecule has 0 aliphatic rings. The summed E-state index contributed by atoms with van der Waals surface area (Å²) in [6, 6.07) is -1.13. The molecule has 0 aromatic carbocycles. The molecular formula is C12H24N2O3S. The molecule has 2 N–H and O–H groups in total. The molecule has 106 valence electrons. The Morgan fingerprint density at radius 2 is 2.06 bits per heavy atom. The first-order valence-electron chi connectivity index (χ1n) is 6.17. The molecule has 5 nitrogen and oxygen atoms in total. The van der Waals surface area contributed by atoms with E-state index in [0.717, 1.165) is 12.2 Å². The summed E-state index contributed by atoms with van der Waals surface area (Å²) in [4.78, 5) is 24.4.